The molecule has 1 N–H and O–H groups in total. The van der Waals surface area contributed by atoms with E-state index in [4.69, 9.17) is 14.7 Å². The number of fused-ring (bicyclic) bond motifs is 1. The fraction of sp³-hybridized carbons (Fsp3) is 0.100. The predicted molar refractivity (Wildman–Crippen MR) is 109 cm³/mol. The maximum absolute atomic E-state index is 5.49. The maximum Gasteiger partial charge on any atom is 0.165 e. The van der Waals surface area contributed by atoms with E-state index in [1.54, 1.807) is 25.6 Å². The van der Waals surface area contributed by atoms with Crippen LogP contribution in [0.25, 0.3) is 22.3 Å². The first-order valence-corrected chi connectivity index (χ1v) is 9.14. The Balaban J connectivity index is 1.80. The zero-order valence-electron chi connectivity index (χ0n) is 14.6. The van der Waals surface area contributed by atoms with Gasteiger partial charge in [0.1, 0.15) is 17.4 Å². The molecule has 0 aliphatic rings. The Morgan fingerprint density at radius 2 is 1.81 bits per heavy atom. The Morgan fingerprint density at radius 3 is 2.63 bits per heavy atom. The molecule has 134 valence electrons. The van der Waals surface area contributed by atoms with E-state index in [0.29, 0.717) is 23.9 Å². The summed E-state index contributed by atoms with van der Waals surface area (Å²) in [7, 11) is 1.64. The molecule has 7 heteroatoms. The van der Waals surface area contributed by atoms with Crippen molar-refractivity contribution in [2.75, 3.05) is 12.4 Å². The average molecular weight is 422 g/mol. The van der Waals surface area contributed by atoms with Gasteiger partial charge >= 0.3 is 0 Å². The van der Waals surface area contributed by atoms with Crippen molar-refractivity contribution in [1.82, 2.24) is 19.9 Å². The zero-order chi connectivity index (χ0) is 18.6. The van der Waals surface area contributed by atoms with Gasteiger partial charge in [-0.1, -0.05) is 28.1 Å². The van der Waals surface area contributed by atoms with Crippen LogP contribution in [0, 0.1) is 0 Å². The number of hydrogen-bond acceptors (Lipinski definition) is 6. The summed E-state index contributed by atoms with van der Waals surface area (Å²) in [6.07, 6.45) is 3.44. The molecular weight excluding hydrogens is 406 g/mol. The van der Waals surface area contributed by atoms with Gasteiger partial charge in [0.25, 0.3) is 0 Å². The van der Waals surface area contributed by atoms with Crippen LogP contribution in [0.4, 0.5) is 5.82 Å². The highest BCUT2D eigenvalue weighted by molar-refractivity contribution is 9.10. The first kappa shape index (κ1) is 17.4. The number of methoxy groups -OCH3 is 1. The van der Waals surface area contributed by atoms with Crippen molar-refractivity contribution in [1.29, 1.82) is 0 Å². The lowest BCUT2D eigenvalue weighted by Crippen LogP contribution is -2.07. The van der Waals surface area contributed by atoms with Gasteiger partial charge in [-0.2, -0.15) is 0 Å². The third-order valence-corrected chi connectivity index (χ3v) is 4.53. The van der Waals surface area contributed by atoms with Crippen LogP contribution in [0.2, 0.25) is 0 Å². The Hall–Kier alpha value is -3.06. The number of nitrogens with zero attached hydrogens (tertiary/aromatic N) is 4. The Morgan fingerprint density at radius 1 is 1.00 bits per heavy atom. The molecular formula is C20H16BrN5O. The van der Waals surface area contributed by atoms with Crippen LogP contribution in [0.3, 0.4) is 0 Å². The molecule has 6 nitrogen and oxygen atoms in total. The van der Waals surface area contributed by atoms with Crippen molar-refractivity contribution in [2.24, 2.45) is 0 Å². The highest BCUT2D eigenvalue weighted by Crippen LogP contribution is 2.33. The highest BCUT2D eigenvalue weighted by Gasteiger charge is 2.14. The fourth-order valence-electron chi connectivity index (χ4n) is 2.77. The molecule has 0 atom stereocenters. The second kappa shape index (κ2) is 7.67. The number of para-hydroxylation sites is 1. The van der Waals surface area contributed by atoms with Gasteiger partial charge in [-0.3, -0.25) is 0 Å². The minimum Gasteiger partial charge on any atom is -0.496 e. The summed E-state index contributed by atoms with van der Waals surface area (Å²) in [5.74, 6) is 2.72. The SMILES string of the molecule is COc1ccc(Br)cc1-c1nc(NCc2ncccn2)c2ccccc2n1. The number of halogens is 1. The van der Waals surface area contributed by atoms with E-state index in [2.05, 4.69) is 31.2 Å². The van der Waals surface area contributed by atoms with Crippen molar-refractivity contribution >= 4 is 32.7 Å². The van der Waals surface area contributed by atoms with Gasteiger partial charge < -0.3 is 10.1 Å². The summed E-state index contributed by atoms with van der Waals surface area (Å²) in [5.41, 5.74) is 1.66. The first-order chi connectivity index (χ1) is 13.2. The van der Waals surface area contributed by atoms with Crippen LogP contribution in [-0.4, -0.2) is 27.0 Å². The van der Waals surface area contributed by atoms with Gasteiger partial charge in [-0.05, 0) is 36.4 Å². The summed E-state index contributed by atoms with van der Waals surface area (Å²) in [6.45, 7) is 0.469. The molecule has 27 heavy (non-hydrogen) atoms. The molecule has 0 aliphatic carbocycles. The highest BCUT2D eigenvalue weighted by atomic mass is 79.9. The summed E-state index contributed by atoms with van der Waals surface area (Å²) < 4.78 is 6.43. The third kappa shape index (κ3) is 3.73. The van der Waals surface area contributed by atoms with Gasteiger partial charge in [-0.25, -0.2) is 19.9 Å². The fourth-order valence-corrected chi connectivity index (χ4v) is 3.13. The molecule has 2 aromatic heterocycles. The smallest absolute Gasteiger partial charge is 0.165 e. The number of benzene rings is 2. The van der Waals surface area contributed by atoms with Crippen molar-refractivity contribution in [2.45, 2.75) is 6.54 Å². The van der Waals surface area contributed by atoms with E-state index < -0.39 is 0 Å². The summed E-state index contributed by atoms with van der Waals surface area (Å²) in [4.78, 5) is 18.0. The number of nitrogens with one attached hydrogen (secondary N) is 1. The summed E-state index contributed by atoms with van der Waals surface area (Å²) in [5, 5.41) is 4.27. The zero-order valence-corrected chi connectivity index (χ0v) is 16.1. The van der Waals surface area contributed by atoms with Crippen LogP contribution in [0.15, 0.2) is 65.4 Å². The van der Waals surface area contributed by atoms with Crippen molar-refractivity contribution in [3.05, 3.63) is 71.2 Å². The number of hydrogen-bond donors (Lipinski definition) is 1. The molecule has 0 fully saturated rings. The number of aromatic nitrogens is 4. The van der Waals surface area contributed by atoms with Crippen molar-refractivity contribution in [3.8, 4) is 17.1 Å². The lowest BCUT2D eigenvalue weighted by molar-refractivity contribution is 0.416. The lowest BCUT2D eigenvalue weighted by Gasteiger charge is -2.12. The first-order valence-electron chi connectivity index (χ1n) is 8.35. The Labute approximate surface area is 164 Å². The largest absolute Gasteiger partial charge is 0.496 e. The molecule has 0 unspecified atom stereocenters. The van der Waals surface area contributed by atoms with Gasteiger partial charge in [0.2, 0.25) is 0 Å². The summed E-state index contributed by atoms with van der Waals surface area (Å²) in [6, 6.07) is 15.4. The van der Waals surface area contributed by atoms with E-state index in [-0.39, 0.29) is 0 Å². The van der Waals surface area contributed by atoms with Crippen LogP contribution in [0.1, 0.15) is 5.82 Å². The Bertz CT molecular complexity index is 1090. The molecule has 0 radical (unpaired) electrons. The van der Waals surface area contributed by atoms with Crippen LogP contribution < -0.4 is 10.1 Å². The lowest BCUT2D eigenvalue weighted by atomic mass is 10.1. The minimum atomic E-state index is 0.469. The third-order valence-electron chi connectivity index (χ3n) is 4.04. The van der Waals surface area contributed by atoms with E-state index in [9.17, 15) is 0 Å². The van der Waals surface area contributed by atoms with E-state index in [1.165, 1.54) is 0 Å². The maximum atomic E-state index is 5.49. The second-order valence-electron chi connectivity index (χ2n) is 5.78. The predicted octanol–water partition coefficient (Wildman–Crippen LogP) is 4.47. The number of anilines is 1. The van der Waals surface area contributed by atoms with Crippen LogP contribution in [-0.2, 0) is 6.54 Å². The molecule has 4 aromatic rings. The van der Waals surface area contributed by atoms with E-state index in [1.807, 2.05) is 42.5 Å². The number of rotatable bonds is 5. The normalized spacial score (nSPS) is 10.7. The van der Waals surface area contributed by atoms with E-state index >= 15 is 0 Å². The molecule has 4 rings (SSSR count). The molecule has 2 aromatic carbocycles. The standard InChI is InChI=1S/C20H16BrN5O/c1-27-17-8-7-13(21)11-15(17)20-25-16-6-3-2-5-14(16)19(26-20)24-12-18-22-9-4-10-23-18/h2-11H,12H2,1H3,(H,24,25,26). The molecule has 0 aliphatic heterocycles. The topological polar surface area (TPSA) is 72.8 Å². The molecule has 2 heterocycles. The average Bonchev–Trinajstić information content (AvgIpc) is 2.72. The quantitative estimate of drug-likeness (QED) is 0.512. The second-order valence-corrected chi connectivity index (χ2v) is 6.69. The van der Waals surface area contributed by atoms with Crippen molar-refractivity contribution < 1.29 is 4.74 Å². The van der Waals surface area contributed by atoms with Gasteiger partial charge in [0, 0.05) is 22.3 Å². The molecule has 0 spiro atoms. The minimum absolute atomic E-state index is 0.469. The molecule has 0 amide bonds. The van der Waals surface area contributed by atoms with Gasteiger partial charge in [0.05, 0.1) is 24.7 Å². The van der Waals surface area contributed by atoms with Crippen molar-refractivity contribution in [3.63, 3.8) is 0 Å². The van der Waals surface area contributed by atoms with Crippen LogP contribution >= 0.6 is 15.9 Å². The molecule has 0 saturated carbocycles. The molecule has 0 saturated heterocycles. The Kier molecular flexibility index (Phi) is 4.93. The van der Waals surface area contributed by atoms with Crippen LogP contribution in [0.5, 0.6) is 5.75 Å². The number of ether oxygens (including phenoxy) is 1. The van der Waals surface area contributed by atoms with Gasteiger partial charge in [0.15, 0.2) is 5.82 Å². The van der Waals surface area contributed by atoms with E-state index in [0.717, 1.165) is 26.8 Å². The summed E-state index contributed by atoms with van der Waals surface area (Å²) >= 11 is 3.51. The van der Waals surface area contributed by atoms with Gasteiger partial charge in [-0.15, -0.1) is 0 Å². The molecule has 0 bridgehead atoms. The monoisotopic (exact) mass is 421 g/mol.